The third kappa shape index (κ3) is 5.40. The van der Waals surface area contributed by atoms with Gasteiger partial charge >= 0.3 is 0 Å². The van der Waals surface area contributed by atoms with Gasteiger partial charge in [-0.3, -0.25) is 9.59 Å². The first-order chi connectivity index (χ1) is 12.9. The Balaban J connectivity index is 2.38. The molecule has 0 spiro atoms. The first-order valence-corrected chi connectivity index (χ1v) is 10.1. The van der Waals surface area contributed by atoms with Gasteiger partial charge < -0.3 is 10.1 Å². The van der Waals surface area contributed by atoms with Crippen LogP contribution in [0, 0.1) is 0 Å². The van der Waals surface area contributed by atoms with Crippen molar-refractivity contribution in [1.29, 1.82) is 0 Å². The first kappa shape index (κ1) is 21.6. The zero-order valence-corrected chi connectivity index (χ0v) is 17.3. The molecule has 7 nitrogen and oxygen atoms in total. The Kier molecular flexibility index (Phi) is 6.26. The molecule has 0 atom stereocenters. The van der Waals surface area contributed by atoms with Crippen molar-refractivity contribution in [2.45, 2.75) is 38.1 Å². The van der Waals surface area contributed by atoms with Gasteiger partial charge in [0.2, 0.25) is 10.0 Å². The number of carbonyl (C=O) groups excluding carboxylic acids is 2. The highest BCUT2D eigenvalue weighted by molar-refractivity contribution is 7.89. The van der Waals surface area contributed by atoms with Crippen LogP contribution in [-0.4, -0.2) is 32.8 Å². The molecule has 0 unspecified atom stereocenters. The number of anilines is 1. The van der Waals surface area contributed by atoms with Crippen molar-refractivity contribution in [3.8, 4) is 5.75 Å². The molecule has 0 aliphatic heterocycles. The molecule has 2 aromatic rings. The van der Waals surface area contributed by atoms with Gasteiger partial charge in [0.05, 0.1) is 7.11 Å². The van der Waals surface area contributed by atoms with E-state index in [9.17, 15) is 18.0 Å². The van der Waals surface area contributed by atoms with Crippen LogP contribution >= 0.6 is 0 Å². The number of methoxy groups -OCH3 is 1. The van der Waals surface area contributed by atoms with Crippen molar-refractivity contribution in [2.24, 2.45) is 0 Å². The Morgan fingerprint density at radius 3 is 2.25 bits per heavy atom. The summed E-state index contributed by atoms with van der Waals surface area (Å²) in [6.45, 7) is 6.59. The largest absolute Gasteiger partial charge is 0.495 e. The van der Waals surface area contributed by atoms with E-state index in [0.717, 1.165) is 0 Å². The normalized spacial score (nSPS) is 11.8. The molecule has 8 heteroatoms. The number of hydrogen-bond acceptors (Lipinski definition) is 5. The number of Topliss-reactive ketones (excluding diaryl/α,β-unsaturated/α-hetero) is 1. The molecule has 28 heavy (non-hydrogen) atoms. The fourth-order valence-corrected chi connectivity index (χ4v) is 4.12. The summed E-state index contributed by atoms with van der Waals surface area (Å²) in [5.74, 6) is -0.496. The average Bonchev–Trinajstić information content (AvgIpc) is 2.59. The van der Waals surface area contributed by atoms with Gasteiger partial charge in [0.15, 0.2) is 5.78 Å². The number of sulfonamides is 1. The van der Waals surface area contributed by atoms with Crippen LogP contribution in [0.3, 0.4) is 0 Å². The lowest BCUT2D eigenvalue weighted by atomic mass is 10.1. The molecule has 2 rings (SSSR count). The SMILES string of the molecule is COc1ccc(C(=O)Nc2cccc(C(C)=O)c2)cc1S(=O)(=O)NC(C)(C)C. The summed E-state index contributed by atoms with van der Waals surface area (Å²) < 4.78 is 33.1. The van der Waals surface area contributed by atoms with Crippen molar-refractivity contribution in [3.63, 3.8) is 0 Å². The van der Waals surface area contributed by atoms with E-state index < -0.39 is 21.5 Å². The number of benzene rings is 2. The fourth-order valence-electron chi connectivity index (χ4n) is 2.51. The van der Waals surface area contributed by atoms with E-state index in [1.54, 1.807) is 45.0 Å². The van der Waals surface area contributed by atoms with Gasteiger partial charge in [0, 0.05) is 22.4 Å². The Morgan fingerprint density at radius 1 is 1.00 bits per heavy atom. The zero-order valence-electron chi connectivity index (χ0n) is 16.5. The predicted molar refractivity (Wildman–Crippen MR) is 107 cm³/mol. The number of amides is 1. The summed E-state index contributed by atoms with van der Waals surface area (Å²) in [5, 5.41) is 2.67. The van der Waals surface area contributed by atoms with Gasteiger partial charge in [-0.25, -0.2) is 13.1 Å². The Hall–Kier alpha value is -2.71. The highest BCUT2D eigenvalue weighted by Gasteiger charge is 2.26. The summed E-state index contributed by atoms with van der Waals surface area (Å²) in [6.07, 6.45) is 0. The van der Waals surface area contributed by atoms with Crippen LogP contribution in [0.25, 0.3) is 0 Å². The number of ketones is 1. The van der Waals surface area contributed by atoms with Gasteiger partial charge in [-0.2, -0.15) is 0 Å². The van der Waals surface area contributed by atoms with Crippen LogP contribution in [0.2, 0.25) is 0 Å². The van der Waals surface area contributed by atoms with E-state index in [4.69, 9.17) is 4.74 Å². The molecule has 0 saturated carbocycles. The number of rotatable bonds is 6. The van der Waals surface area contributed by atoms with Crippen LogP contribution in [0.4, 0.5) is 5.69 Å². The Morgan fingerprint density at radius 2 is 1.68 bits per heavy atom. The highest BCUT2D eigenvalue weighted by Crippen LogP contribution is 2.26. The predicted octanol–water partition coefficient (Wildman–Crippen LogP) is 3.23. The summed E-state index contributed by atoms with van der Waals surface area (Å²) in [6, 6.07) is 10.7. The second kappa shape index (κ2) is 8.12. The third-order valence-electron chi connectivity index (χ3n) is 3.68. The lowest BCUT2D eigenvalue weighted by molar-refractivity contribution is 0.101. The van der Waals surface area contributed by atoms with Crippen LogP contribution < -0.4 is 14.8 Å². The molecule has 0 heterocycles. The minimum Gasteiger partial charge on any atom is -0.495 e. The average molecular weight is 404 g/mol. The summed E-state index contributed by atoms with van der Waals surface area (Å²) in [5.41, 5.74) is 0.342. The van der Waals surface area contributed by atoms with Gasteiger partial charge in [0.25, 0.3) is 5.91 Å². The van der Waals surface area contributed by atoms with Crippen LogP contribution in [0.15, 0.2) is 47.4 Å². The molecule has 1 amide bonds. The molecule has 2 N–H and O–H groups in total. The van der Waals surface area contributed by atoms with Crippen LogP contribution in [0.1, 0.15) is 48.4 Å². The van der Waals surface area contributed by atoms with Crippen molar-refractivity contribution in [1.82, 2.24) is 4.72 Å². The lowest BCUT2D eigenvalue weighted by Crippen LogP contribution is -2.40. The smallest absolute Gasteiger partial charge is 0.255 e. The monoisotopic (exact) mass is 404 g/mol. The second-order valence-corrected chi connectivity index (χ2v) is 8.96. The van der Waals surface area contributed by atoms with Crippen molar-refractivity contribution < 1.29 is 22.7 Å². The molecule has 0 aliphatic carbocycles. The number of ether oxygens (including phenoxy) is 1. The van der Waals surface area contributed by atoms with E-state index in [2.05, 4.69) is 10.0 Å². The molecule has 150 valence electrons. The van der Waals surface area contributed by atoms with Gasteiger partial charge in [-0.15, -0.1) is 0 Å². The lowest BCUT2D eigenvalue weighted by Gasteiger charge is -2.21. The molecule has 0 bridgehead atoms. The van der Waals surface area contributed by atoms with E-state index >= 15 is 0 Å². The topological polar surface area (TPSA) is 102 Å². The molecular weight excluding hydrogens is 380 g/mol. The van der Waals surface area contributed by atoms with Crippen LogP contribution in [-0.2, 0) is 10.0 Å². The minimum absolute atomic E-state index is 0.123. The molecule has 0 fully saturated rings. The maximum Gasteiger partial charge on any atom is 0.255 e. The standard InChI is InChI=1S/C20H24N2O5S/c1-13(23)14-7-6-8-16(11-14)21-19(24)15-9-10-17(27-5)18(12-15)28(25,26)22-20(2,3)4/h6-12,22H,1-5H3,(H,21,24). The number of carbonyl (C=O) groups is 2. The fraction of sp³-hybridized carbons (Fsp3) is 0.300. The molecule has 0 radical (unpaired) electrons. The number of hydrogen-bond donors (Lipinski definition) is 2. The quantitative estimate of drug-likeness (QED) is 0.720. The summed E-state index contributed by atoms with van der Waals surface area (Å²) >= 11 is 0. The Bertz CT molecular complexity index is 1010. The molecule has 0 aromatic heterocycles. The Labute approximate surface area is 165 Å². The van der Waals surface area contributed by atoms with Gasteiger partial charge in [0.1, 0.15) is 10.6 Å². The maximum atomic E-state index is 12.7. The molecular formula is C20H24N2O5S. The summed E-state index contributed by atoms with van der Waals surface area (Å²) in [4.78, 5) is 24.0. The van der Waals surface area contributed by atoms with Crippen molar-refractivity contribution in [2.75, 3.05) is 12.4 Å². The van der Waals surface area contributed by atoms with Crippen LogP contribution in [0.5, 0.6) is 5.75 Å². The van der Waals surface area contributed by atoms with E-state index in [0.29, 0.717) is 11.3 Å². The second-order valence-electron chi connectivity index (χ2n) is 7.31. The van der Waals surface area contributed by atoms with Gasteiger partial charge in [-0.1, -0.05) is 12.1 Å². The third-order valence-corrected chi connectivity index (χ3v) is 5.46. The number of nitrogens with one attached hydrogen (secondary N) is 2. The first-order valence-electron chi connectivity index (χ1n) is 8.57. The zero-order chi connectivity index (χ0) is 21.1. The van der Waals surface area contributed by atoms with E-state index in [1.165, 1.54) is 32.2 Å². The molecule has 0 saturated heterocycles. The highest BCUT2D eigenvalue weighted by atomic mass is 32.2. The van der Waals surface area contributed by atoms with Crippen molar-refractivity contribution >= 4 is 27.4 Å². The molecule has 0 aliphatic rings. The van der Waals surface area contributed by atoms with Gasteiger partial charge in [-0.05, 0) is 58.0 Å². The molecule has 2 aromatic carbocycles. The van der Waals surface area contributed by atoms with E-state index in [-0.39, 0.29) is 22.0 Å². The summed E-state index contributed by atoms with van der Waals surface area (Å²) in [7, 11) is -2.55. The minimum atomic E-state index is -3.91. The van der Waals surface area contributed by atoms with E-state index in [1.807, 2.05) is 0 Å². The van der Waals surface area contributed by atoms with Crippen molar-refractivity contribution in [3.05, 3.63) is 53.6 Å². The maximum absolute atomic E-state index is 12.7.